The van der Waals surface area contributed by atoms with Gasteiger partial charge in [-0.2, -0.15) is 0 Å². The summed E-state index contributed by atoms with van der Waals surface area (Å²) in [5.74, 6) is 5.91. The van der Waals surface area contributed by atoms with E-state index in [-0.39, 0.29) is 5.91 Å². The number of halogens is 2. The van der Waals surface area contributed by atoms with E-state index in [9.17, 15) is 4.79 Å². The largest absolute Gasteiger partial charge is 0.468 e. The average molecular weight is 317 g/mol. The molecule has 1 aromatic heterocycles. The number of furan rings is 1. The van der Waals surface area contributed by atoms with Gasteiger partial charge in [0.2, 0.25) is 0 Å². The van der Waals surface area contributed by atoms with Gasteiger partial charge in [0.15, 0.2) is 0 Å². The van der Waals surface area contributed by atoms with Crippen LogP contribution in [0.5, 0.6) is 0 Å². The van der Waals surface area contributed by atoms with Crippen LogP contribution in [0.25, 0.3) is 0 Å². The van der Waals surface area contributed by atoms with Gasteiger partial charge in [-0.1, -0.05) is 23.2 Å². The summed E-state index contributed by atoms with van der Waals surface area (Å²) in [5.41, 5.74) is 2.44. The smallest absolute Gasteiger partial charge is 0.268 e. The molecule has 1 amide bonds. The second kappa shape index (κ2) is 6.34. The van der Waals surface area contributed by atoms with Crippen molar-refractivity contribution in [3.8, 4) is 0 Å². The number of amides is 1. The Morgan fingerprint density at radius 1 is 1.32 bits per heavy atom. The molecule has 2 aromatic rings. The van der Waals surface area contributed by atoms with Crippen molar-refractivity contribution in [3.05, 3.63) is 51.9 Å². The molecule has 0 aliphatic carbocycles. The zero-order valence-corrected chi connectivity index (χ0v) is 12.0. The zero-order valence-electron chi connectivity index (χ0n) is 9.65. The lowest BCUT2D eigenvalue weighted by molar-refractivity contribution is 0.0953. The van der Waals surface area contributed by atoms with Crippen LogP contribution < -0.4 is 11.3 Å². The molecule has 0 bridgehead atoms. The molecule has 1 aromatic carbocycles. The van der Waals surface area contributed by atoms with E-state index in [1.54, 1.807) is 18.2 Å². The van der Waals surface area contributed by atoms with Crippen molar-refractivity contribution in [1.29, 1.82) is 0 Å². The first-order chi connectivity index (χ1) is 9.10. The van der Waals surface area contributed by atoms with Crippen molar-refractivity contribution >= 4 is 40.9 Å². The zero-order chi connectivity index (χ0) is 13.8. The number of nitrogen functional groups attached to an aromatic ring is 1. The molecule has 1 heterocycles. The molecule has 0 atom stereocenters. The van der Waals surface area contributed by atoms with Gasteiger partial charge in [-0.15, -0.1) is 11.8 Å². The maximum atomic E-state index is 11.2. The second-order valence-electron chi connectivity index (χ2n) is 3.64. The minimum atomic E-state index is -0.380. The topological polar surface area (TPSA) is 68.3 Å². The Morgan fingerprint density at radius 2 is 2.11 bits per heavy atom. The lowest BCUT2D eigenvalue weighted by Crippen LogP contribution is -2.29. The molecule has 0 radical (unpaired) electrons. The predicted molar refractivity (Wildman–Crippen MR) is 76.4 cm³/mol. The first kappa shape index (κ1) is 14.3. The molecular formula is C12H10Cl2N2O2S. The van der Waals surface area contributed by atoms with Gasteiger partial charge in [-0.3, -0.25) is 10.2 Å². The van der Waals surface area contributed by atoms with Gasteiger partial charge in [0.1, 0.15) is 12.0 Å². The van der Waals surface area contributed by atoms with Crippen LogP contribution in [0.15, 0.2) is 39.8 Å². The van der Waals surface area contributed by atoms with Gasteiger partial charge in [0, 0.05) is 4.90 Å². The van der Waals surface area contributed by atoms with E-state index < -0.39 is 0 Å². The van der Waals surface area contributed by atoms with Crippen molar-refractivity contribution in [3.63, 3.8) is 0 Å². The standard InChI is InChI=1S/C12H10Cl2N2O2S/c13-10-2-1-9(4-11(10)14)19-6-8-3-7(5-18-8)12(17)16-15/h1-5H,6,15H2,(H,16,17). The summed E-state index contributed by atoms with van der Waals surface area (Å²) in [6.07, 6.45) is 1.37. The third-order valence-electron chi connectivity index (χ3n) is 2.32. The van der Waals surface area contributed by atoms with Crippen molar-refractivity contribution in [2.45, 2.75) is 10.6 Å². The lowest BCUT2D eigenvalue weighted by Gasteiger charge is -2.01. The highest BCUT2D eigenvalue weighted by atomic mass is 35.5. The van der Waals surface area contributed by atoms with E-state index in [0.29, 0.717) is 27.1 Å². The summed E-state index contributed by atoms with van der Waals surface area (Å²) in [5, 5.41) is 1.03. The van der Waals surface area contributed by atoms with Crippen molar-refractivity contribution in [2.75, 3.05) is 0 Å². The number of benzene rings is 1. The number of hydrogen-bond donors (Lipinski definition) is 2. The van der Waals surface area contributed by atoms with Crippen LogP contribution >= 0.6 is 35.0 Å². The molecule has 4 nitrogen and oxygen atoms in total. The number of nitrogens with one attached hydrogen (secondary N) is 1. The molecule has 0 unspecified atom stereocenters. The van der Waals surface area contributed by atoms with E-state index in [0.717, 1.165) is 4.90 Å². The third kappa shape index (κ3) is 3.67. The van der Waals surface area contributed by atoms with Crippen LogP contribution in [-0.4, -0.2) is 5.91 Å². The number of hydrazine groups is 1. The van der Waals surface area contributed by atoms with Gasteiger partial charge in [-0.25, -0.2) is 5.84 Å². The first-order valence-corrected chi connectivity index (χ1v) is 7.00. The van der Waals surface area contributed by atoms with Gasteiger partial charge in [0.25, 0.3) is 5.91 Å². The third-order valence-corrected chi connectivity index (χ3v) is 4.07. The first-order valence-electron chi connectivity index (χ1n) is 5.26. The summed E-state index contributed by atoms with van der Waals surface area (Å²) >= 11 is 13.3. The van der Waals surface area contributed by atoms with Crippen molar-refractivity contribution in [2.24, 2.45) is 5.84 Å². The van der Waals surface area contributed by atoms with Crippen molar-refractivity contribution in [1.82, 2.24) is 5.43 Å². The summed E-state index contributed by atoms with van der Waals surface area (Å²) in [6, 6.07) is 7.04. The van der Waals surface area contributed by atoms with E-state index in [1.807, 2.05) is 11.5 Å². The fourth-order valence-corrected chi connectivity index (χ4v) is 2.57. The quantitative estimate of drug-likeness (QED) is 0.392. The van der Waals surface area contributed by atoms with Crippen LogP contribution in [0.2, 0.25) is 10.0 Å². The Bertz CT molecular complexity index is 601. The normalized spacial score (nSPS) is 10.5. The van der Waals surface area contributed by atoms with Crippen LogP contribution in [0.1, 0.15) is 16.1 Å². The maximum absolute atomic E-state index is 11.2. The van der Waals surface area contributed by atoms with Crippen LogP contribution in [0.3, 0.4) is 0 Å². The number of thioether (sulfide) groups is 1. The second-order valence-corrected chi connectivity index (χ2v) is 5.50. The molecule has 0 aliphatic heterocycles. The van der Waals surface area contributed by atoms with E-state index in [1.165, 1.54) is 18.0 Å². The van der Waals surface area contributed by atoms with Crippen LogP contribution in [0, 0.1) is 0 Å². The number of rotatable bonds is 4. The molecule has 0 fully saturated rings. The molecule has 100 valence electrons. The maximum Gasteiger partial charge on any atom is 0.268 e. The highest BCUT2D eigenvalue weighted by Crippen LogP contribution is 2.30. The Balaban J connectivity index is 2.00. The van der Waals surface area contributed by atoms with Gasteiger partial charge in [-0.05, 0) is 24.3 Å². The molecule has 0 saturated heterocycles. The van der Waals surface area contributed by atoms with Gasteiger partial charge < -0.3 is 4.42 Å². The van der Waals surface area contributed by atoms with Gasteiger partial charge >= 0.3 is 0 Å². The lowest BCUT2D eigenvalue weighted by atomic mass is 10.3. The Hall–Kier alpha value is -1.14. The summed E-state index contributed by atoms with van der Waals surface area (Å²) in [6.45, 7) is 0. The SMILES string of the molecule is NNC(=O)c1coc(CSc2ccc(Cl)c(Cl)c2)c1. The van der Waals surface area contributed by atoms with E-state index in [4.69, 9.17) is 33.5 Å². The number of carbonyl (C=O) groups excluding carboxylic acids is 1. The Kier molecular flexibility index (Phi) is 4.76. The minimum absolute atomic E-state index is 0.380. The fraction of sp³-hybridized carbons (Fsp3) is 0.0833. The van der Waals surface area contributed by atoms with Crippen molar-refractivity contribution < 1.29 is 9.21 Å². The van der Waals surface area contributed by atoms with Gasteiger partial charge in [0.05, 0.1) is 21.4 Å². The number of nitrogens with two attached hydrogens (primary N) is 1. The highest BCUT2D eigenvalue weighted by Gasteiger charge is 2.09. The molecule has 7 heteroatoms. The average Bonchev–Trinajstić information content (AvgIpc) is 2.88. The Labute approximate surface area is 124 Å². The summed E-state index contributed by atoms with van der Waals surface area (Å²) in [7, 11) is 0. The molecule has 3 N–H and O–H groups in total. The predicted octanol–water partition coefficient (Wildman–Crippen LogP) is 3.48. The minimum Gasteiger partial charge on any atom is -0.468 e. The molecule has 0 aliphatic rings. The number of carbonyl (C=O) groups is 1. The fourth-order valence-electron chi connectivity index (χ4n) is 1.38. The molecular weight excluding hydrogens is 307 g/mol. The van der Waals surface area contributed by atoms with Crippen LogP contribution in [0.4, 0.5) is 0 Å². The summed E-state index contributed by atoms with van der Waals surface area (Å²) in [4.78, 5) is 12.2. The Morgan fingerprint density at radius 3 is 2.79 bits per heavy atom. The molecule has 2 rings (SSSR count). The monoisotopic (exact) mass is 316 g/mol. The summed E-state index contributed by atoms with van der Waals surface area (Å²) < 4.78 is 5.27. The van der Waals surface area contributed by atoms with Crippen LogP contribution in [-0.2, 0) is 5.75 Å². The molecule has 0 saturated carbocycles. The highest BCUT2D eigenvalue weighted by molar-refractivity contribution is 7.98. The van der Waals surface area contributed by atoms with E-state index >= 15 is 0 Å². The molecule has 0 spiro atoms. The number of hydrogen-bond acceptors (Lipinski definition) is 4. The molecule has 19 heavy (non-hydrogen) atoms. The van der Waals surface area contributed by atoms with E-state index in [2.05, 4.69) is 0 Å².